The largest absolute Gasteiger partial charge is 0.394 e. The molecule has 6 nitrogen and oxygen atoms in total. The van der Waals surface area contributed by atoms with E-state index >= 15 is 0 Å². The fourth-order valence-corrected chi connectivity index (χ4v) is 3.02. The molecule has 0 saturated heterocycles. The second-order valence-electron chi connectivity index (χ2n) is 6.97. The van der Waals surface area contributed by atoms with Gasteiger partial charge in [-0.25, -0.2) is 0 Å². The van der Waals surface area contributed by atoms with Crippen LogP contribution in [0.4, 0.5) is 0 Å². The van der Waals surface area contributed by atoms with Gasteiger partial charge in [0.1, 0.15) is 0 Å². The number of rotatable bonds is 6. The van der Waals surface area contributed by atoms with Gasteiger partial charge in [0, 0.05) is 41.2 Å². The van der Waals surface area contributed by atoms with Gasteiger partial charge in [0.15, 0.2) is 0 Å². The van der Waals surface area contributed by atoms with E-state index in [1.807, 2.05) is 28.9 Å². The number of carbonyl (C=O) groups is 1. The Morgan fingerprint density at radius 2 is 1.93 bits per heavy atom. The van der Waals surface area contributed by atoms with E-state index in [2.05, 4.69) is 29.2 Å². The van der Waals surface area contributed by atoms with E-state index in [0.717, 1.165) is 16.8 Å². The fourth-order valence-electron chi connectivity index (χ4n) is 2.91. The number of benzene rings is 1. The van der Waals surface area contributed by atoms with Gasteiger partial charge in [-0.1, -0.05) is 11.6 Å². The van der Waals surface area contributed by atoms with Gasteiger partial charge < -0.3 is 10.4 Å². The number of aromatic nitrogens is 3. The van der Waals surface area contributed by atoms with Crippen molar-refractivity contribution in [3.63, 3.8) is 0 Å². The number of aliphatic hydroxyl groups is 1. The van der Waals surface area contributed by atoms with Gasteiger partial charge in [0.2, 0.25) is 0 Å². The number of amides is 1. The summed E-state index contributed by atoms with van der Waals surface area (Å²) in [7, 11) is 0. The summed E-state index contributed by atoms with van der Waals surface area (Å²) in [6.45, 7) is 5.73. The second kappa shape index (κ2) is 8.54. The van der Waals surface area contributed by atoms with E-state index in [9.17, 15) is 9.90 Å². The van der Waals surface area contributed by atoms with E-state index in [4.69, 9.17) is 11.6 Å². The highest BCUT2D eigenvalue weighted by Gasteiger charge is 2.16. The summed E-state index contributed by atoms with van der Waals surface area (Å²) in [6.07, 6.45) is 3.33. The van der Waals surface area contributed by atoms with E-state index in [1.54, 1.807) is 31.5 Å². The lowest BCUT2D eigenvalue weighted by Crippen LogP contribution is -2.35. The molecule has 2 N–H and O–H groups in total. The third-order valence-corrected chi connectivity index (χ3v) is 4.55. The van der Waals surface area contributed by atoms with Gasteiger partial charge in [-0.05, 0) is 57.2 Å². The molecule has 3 rings (SSSR count). The summed E-state index contributed by atoms with van der Waals surface area (Å²) in [6, 6.07) is 10.9. The molecule has 0 aliphatic rings. The number of nitrogens with one attached hydrogen (secondary N) is 1. The number of nitrogens with zero attached hydrogens (tertiary/aromatic N) is 3. The maximum atomic E-state index is 12.7. The first-order chi connectivity index (χ1) is 13.4. The maximum Gasteiger partial charge on any atom is 0.251 e. The summed E-state index contributed by atoms with van der Waals surface area (Å²) in [5, 5.41) is 17.0. The molecule has 1 atom stereocenters. The van der Waals surface area contributed by atoms with Crippen molar-refractivity contribution in [3.8, 4) is 22.5 Å². The lowest BCUT2D eigenvalue weighted by molar-refractivity contribution is 0.0922. The number of hydrogen-bond acceptors (Lipinski definition) is 4. The van der Waals surface area contributed by atoms with Crippen molar-refractivity contribution in [3.05, 3.63) is 59.4 Å². The van der Waals surface area contributed by atoms with Crippen molar-refractivity contribution in [1.82, 2.24) is 20.1 Å². The summed E-state index contributed by atoms with van der Waals surface area (Å²) in [5.74, 6) is -0.255. The fraction of sp³-hybridized carbons (Fsp3) is 0.286. The zero-order chi connectivity index (χ0) is 20.3. The number of pyridine rings is 1. The summed E-state index contributed by atoms with van der Waals surface area (Å²) in [5.41, 5.74) is 3.77. The normalized spacial score (nSPS) is 12.2. The van der Waals surface area contributed by atoms with Crippen LogP contribution in [0.1, 0.15) is 37.2 Å². The molecule has 28 heavy (non-hydrogen) atoms. The second-order valence-corrected chi connectivity index (χ2v) is 7.41. The molecule has 2 heterocycles. The molecule has 1 aromatic carbocycles. The van der Waals surface area contributed by atoms with Gasteiger partial charge in [-0.3, -0.25) is 14.5 Å². The van der Waals surface area contributed by atoms with Crippen LogP contribution in [0.3, 0.4) is 0 Å². The molecule has 0 fully saturated rings. The maximum absolute atomic E-state index is 12.7. The van der Waals surface area contributed by atoms with Crippen LogP contribution in [0.25, 0.3) is 22.5 Å². The Balaban J connectivity index is 2.12. The van der Waals surface area contributed by atoms with E-state index < -0.39 is 0 Å². The predicted molar refractivity (Wildman–Crippen MR) is 110 cm³/mol. The van der Waals surface area contributed by atoms with Crippen molar-refractivity contribution in [2.45, 2.75) is 32.9 Å². The van der Waals surface area contributed by atoms with Crippen LogP contribution in [0.2, 0.25) is 5.02 Å². The molecule has 146 valence electrons. The minimum atomic E-state index is -0.338. The Bertz CT molecular complexity index is 967. The molecular formula is C21H23ClN4O2. The Morgan fingerprint density at radius 1 is 1.18 bits per heavy atom. The van der Waals surface area contributed by atoms with Crippen LogP contribution in [0, 0.1) is 0 Å². The van der Waals surface area contributed by atoms with Crippen molar-refractivity contribution in [1.29, 1.82) is 0 Å². The van der Waals surface area contributed by atoms with E-state index in [0.29, 0.717) is 16.3 Å². The molecule has 0 aliphatic carbocycles. The summed E-state index contributed by atoms with van der Waals surface area (Å²) >= 11 is 5.96. The van der Waals surface area contributed by atoms with Gasteiger partial charge >= 0.3 is 0 Å². The number of carbonyl (C=O) groups excluding carboxylic acids is 1. The monoisotopic (exact) mass is 398 g/mol. The van der Waals surface area contributed by atoms with Crippen LogP contribution < -0.4 is 5.32 Å². The zero-order valence-corrected chi connectivity index (χ0v) is 16.8. The molecule has 1 amide bonds. The number of aliphatic hydroxyl groups excluding tert-OH is 1. The number of hydrogen-bond donors (Lipinski definition) is 2. The standard InChI is InChI=1S/C21H23ClN4O2/c1-13(2)26-20(6-7-24-26)16-8-15(19-5-4-18(22)11-23-19)9-17(10-16)21(28)25-14(3)12-27/h4-11,13-14,27H,12H2,1-3H3,(H,25,28)/t14-/m0/s1. The topological polar surface area (TPSA) is 80.0 Å². The van der Waals surface area contributed by atoms with Crippen LogP contribution in [-0.4, -0.2) is 38.4 Å². The number of halogens is 1. The first-order valence-electron chi connectivity index (χ1n) is 9.11. The molecule has 0 saturated carbocycles. The van der Waals surface area contributed by atoms with Gasteiger partial charge in [-0.2, -0.15) is 5.10 Å². The quantitative estimate of drug-likeness (QED) is 0.658. The first kappa shape index (κ1) is 20.0. The third kappa shape index (κ3) is 4.40. The molecule has 0 aliphatic heterocycles. The highest BCUT2D eigenvalue weighted by molar-refractivity contribution is 6.30. The van der Waals surface area contributed by atoms with Crippen LogP contribution in [0.5, 0.6) is 0 Å². The van der Waals surface area contributed by atoms with Crippen molar-refractivity contribution < 1.29 is 9.90 Å². The minimum Gasteiger partial charge on any atom is -0.394 e. The smallest absolute Gasteiger partial charge is 0.251 e. The Morgan fingerprint density at radius 3 is 2.57 bits per heavy atom. The Kier molecular flexibility index (Phi) is 6.11. The predicted octanol–water partition coefficient (Wildman–Crippen LogP) is 3.96. The molecule has 2 aromatic heterocycles. The first-order valence-corrected chi connectivity index (χ1v) is 9.49. The van der Waals surface area contributed by atoms with Crippen molar-refractivity contribution in [2.75, 3.05) is 6.61 Å². The van der Waals surface area contributed by atoms with Gasteiger partial charge in [0.05, 0.1) is 23.0 Å². The molecule has 0 spiro atoms. The van der Waals surface area contributed by atoms with Gasteiger partial charge in [0.25, 0.3) is 5.91 Å². The van der Waals surface area contributed by atoms with Crippen LogP contribution >= 0.6 is 11.6 Å². The van der Waals surface area contributed by atoms with Crippen LogP contribution in [0.15, 0.2) is 48.8 Å². The van der Waals surface area contributed by atoms with Gasteiger partial charge in [-0.15, -0.1) is 0 Å². The molecule has 0 unspecified atom stereocenters. The average Bonchev–Trinajstić information content (AvgIpc) is 3.18. The Hall–Kier alpha value is -2.70. The molecule has 3 aromatic rings. The highest BCUT2D eigenvalue weighted by atomic mass is 35.5. The van der Waals surface area contributed by atoms with E-state index in [1.165, 1.54) is 0 Å². The van der Waals surface area contributed by atoms with Crippen molar-refractivity contribution >= 4 is 17.5 Å². The summed E-state index contributed by atoms with van der Waals surface area (Å²) < 4.78 is 1.91. The highest BCUT2D eigenvalue weighted by Crippen LogP contribution is 2.29. The van der Waals surface area contributed by atoms with E-state index in [-0.39, 0.29) is 24.6 Å². The lowest BCUT2D eigenvalue weighted by atomic mass is 10.00. The molecular weight excluding hydrogens is 376 g/mol. The molecule has 0 radical (unpaired) electrons. The van der Waals surface area contributed by atoms with Crippen molar-refractivity contribution in [2.24, 2.45) is 0 Å². The lowest BCUT2D eigenvalue weighted by Gasteiger charge is -2.15. The average molecular weight is 399 g/mol. The van der Waals surface area contributed by atoms with Crippen LogP contribution in [-0.2, 0) is 0 Å². The molecule has 0 bridgehead atoms. The zero-order valence-electron chi connectivity index (χ0n) is 16.1. The minimum absolute atomic E-state index is 0.128. The SMILES string of the molecule is CC(C)n1nccc1-c1cc(C(=O)N[C@@H](C)CO)cc(-c2ccc(Cl)cn2)c1. The summed E-state index contributed by atoms with van der Waals surface area (Å²) in [4.78, 5) is 17.1. The molecule has 7 heteroatoms. The third-order valence-electron chi connectivity index (χ3n) is 4.32. The Labute approximate surface area is 169 Å².